The topological polar surface area (TPSA) is 18.5 Å². The molecule has 0 saturated heterocycles. The molecule has 0 amide bonds. The lowest BCUT2D eigenvalue weighted by Gasteiger charge is -2.29. The van der Waals surface area contributed by atoms with Gasteiger partial charge in [-0.1, -0.05) is 42.5 Å². The number of benzene rings is 2. The lowest BCUT2D eigenvalue weighted by Crippen LogP contribution is -2.17. The molecule has 2 nitrogen and oxygen atoms in total. The second-order valence-corrected chi connectivity index (χ2v) is 4.63. The molecule has 0 bridgehead atoms. The summed E-state index contributed by atoms with van der Waals surface area (Å²) in [5.74, 6) is 1.73. The fraction of sp³-hybridized carbons (Fsp3) is 0.176. The van der Waals surface area contributed by atoms with Crippen molar-refractivity contribution in [2.24, 2.45) is 0 Å². The first kappa shape index (κ1) is 12.0. The maximum atomic E-state index is 6.10. The third kappa shape index (κ3) is 2.15. The van der Waals surface area contributed by atoms with Crippen molar-refractivity contribution in [2.75, 3.05) is 0 Å². The standard InChI is InChI=1S/C17H16O2/c1-3-12(2)18-17-13-8-4-6-10-15(13)19-16-11-7-5-9-14(16)17/h3-12,17H,1H2,2H3. The SMILES string of the molecule is C=CC(C)OC1c2ccccc2Oc2ccccc21. The number of fused-ring (bicyclic) bond motifs is 2. The van der Waals surface area contributed by atoms with E-state index in [1.54, 1.807) is 6.08 Å². The molecule has 1 aliphatic heterocycles. The quantitative estimate of drug-likeness (QED) is 0.750. The molecule has 1 atom stereocenters. The predicted octanol–water partition coefficient (Wildman–Crippen LogP) is 4.47. The number of para-hydroxylation sites is 2. The van der Waals surface area contributed by atoms with E-state index < -0.39 is 0 Å². The number of hydrogen-bond acceptors (Lipinski definition) is 2. The van der Waals surface area contributed by atoms with Crippen LogP contribution in [0.25, 0.3) is 0 Å². The van der Waals surface area contributed by atoms with Gasteiger partial charge >= 0.3 is 0 Å². The molecule has 96 valence electrons. The fourth-order valence-corrected chi connectivity index (χ4v) is 2.28. The molecule has 3 rings (SSSR count). The summed E-state index contributed by atoms with van der Waals surface area (Å²) in [5.41, 5.74) is 2.13. The molecular weight excluding hydrogens is 236 g/mol. The maximum Gasteiger partial charge on any atom is 0.133 e. The van der Waals surface area contributed by atoms with E-state index in [1.165, 1.54) is 0 Å². The minimum Gasteiger partial charge on any atom is -0.457 e. The minimum absolute atomic E-state index is 0.00999. The van der Waals surface area contributed by atoms with E-state index >= 15 is 0 Å². The molecule has 2 aromatic rings. The second kappa shape index (κ2) is 4.90. The predicted molar refractivity (Wildman–Crippen MR) is 75.5 cm³/mol. The molecule has 0 aliphatic carbocycles. The van der Waals surface area contributed by atoms with Crippen LogP contribution in [-0.2, 0) is 4.74 Å². The largest absolute Gasteiger partial charge is 0.457 e. The Morgan fingerprint density at radius 2 is 1.58 bits per heavy atom. The first-order valence-corrected chi connectivity index (χ1v) is 6.43. The second-order valence-electron chi connectivity index (χ2n) is 4.63. The summed E-state index contributed by atoms with van der Waals surface area (Å²) >= 11 is 0. The van der Waals surface area contributed by atoms with Crippen LogP contribution in [0.2, 0.25) is 0 Å². The van der Waals surface area contributed by atoms with Gasteiger partial charge in [-0.2, -0.15) is 0 Å². The van der Waals surface area contributed by atoms with Gasteiger partial charge in [0.15, 0.2) is 0 Å². The van der Waals surface area contributed by atoms with Gasteiger partial charge in [0.1, 0.15) is 17.6 Å². The van der Waals surface area contributed by atoms with Gasteiger partial charge in [0, 0.05) is 11.1 Å². The lowest BCUT2D eigenvalue weighted by atomic mass is 9.97. The van der Waals surface area contributed by atoms with Crippen LogP contribution in [0.15, 0.2) is 61.2 Å². The van der Waals surface area contributed by atoms with Gasteiger partial charge in [-0.05, 0) is 19.1 Å². The van der Waals surface area contributed by atoms with Crippen LogP contribution >= 0.6 is 0 Å². The van der Waals surface area contributed by atoms with Crippen LogP contribution in [0.4, 0.5) is 0 Å². The Kier molecular flexibility index (Phi) is 3.10. The van der Waals surface area contributed by atoms with Crippen LogP contribution in [0.3, 0.4) is 0 Å². The van der Waals surface area contributed by atoms with Crippen LogP contribution < -0.4 is 4.74 Å². The molecule has 0 saturated carbocycles. The van der Waals surface area contributed by atoms with Crippen molar-refractivity contribution in [1.82, 2.24) is 0 Å². The number of hydrogen-bond donors (Lipinski definition) is 0. The monoisotopic (exact) mass is 252 g/mol. The van der Waals surface area contributed by atoms with E-state index in [4.69, 9.17) is 9.47 Å². The Hall–Kier alpha value is -2.06. The van der Waals surface area contributed by atoms with Crippen LogP contribution in [-0.4, -0.2) is 6.10 Å². The average molecular weight is 252 g/mol. The Labute approximate surface area is 113 Å². The summed E-state index contributed by atoms with van der Waals surface area (Å²) < 4.78 is 12.0. The molecule has 0 N–H and O–H groups in total. The van der Waals surface area contributed by atoms with Crippen molar-refractivity contribution in [3.63, 3.8) is 0 Å². The van der Waals surface area contributed by atoms with Crippen molar-refractivity contribution in [3.8, 4) is 11.5 Å². The summed E-state index contributed by atoms with van der Waals surface area (Å²) in [6.45, 7) is 5.78. The third-order valence-corrected chi connectivity index (χ3v) is 3.31. The molecule has 1 unspecified atom stereocenters. The summed E-state index contributed by atoms with van der Waals surface area (Å²) in [7, 11) is 0. The van der Waals surface area contributed by atoms with Gasteiger partial charge in [-0.25, -0.2) is 0 Å². The van der Waals surface area contributed by atoms with Gasteiger partial charge < -0.3 is 9.47 Å². The van der Waals surface area contributed by atoms with Crippen molar-refractivity contribution in [1.29, 1.82) is 0 Å². The maximum absolute atomic E-state index is 6.10. The zero-order valence-electron chi connectivity index (χ0n) is 10.9. The van der Waals surface area contributed by atoms with Gasteiger partial charge in [0.2, 0.25) is 0 Å². The van der Waals surface area contributed by atoms with Gasteiger partial charge in [0.05, 0.1) is 6.10 Å². The van der Waals surface area contributed by atoms with E-state index in [0.29, 0.717) is 0 Å². The van der Waals surface area contributed by atoms with Crippen molar-refractivity contribution >= 4 is 0 Å². The molecule has 0 fully saturated rings. The summed E-state index contributed by atoms with van der Waals surface area (Å²) in [5, 5.41) is 0. The van der Waals surface area contributed by atoms with E-state index in [1.807, 2.05) is 55.5 Å². The first-order chi connectivity index (χ1) is 9.29. The summed E-state index contributed by atoms with van der Waals surface area (Å²) in [6, 6.07) is 16.0. The minimum atomic E-state index is -0.103. The Bertz CT molecular complexity index is 558. The molecule has 1 heterocycles. The zero-order chi connectivity index (χ0) is 13.2. The van der Waals surface area contributed by atoms with Crippen molar-refractivity contribution in [2.45, 2.75) is 19.1 Å². The highest BCUT2D eigenvalue weighted by Gasteiger charge is 2.28. The highest BCUT2D eigenvalue weighted by atomic mass is 16.5. The Balaban J connectivity index is 2.08. The Morgan fingerprint density at radius 3 is 2.11 bits per heavy atom. The summed E-state index contributed by atoms with van der Waals surface area (Å²) in [4.78, 5) is 0. The number of ether oxygens (including phenoxy) is 2. The molecule has 2 aromatic carbocycles. The molecule has 19 heavy (non-hydrogen) atoms. The highest BCUT2D eigenvalue weighted by molar-refractivity contribution is 5.52. The van der Waals surface area contributed by atoms with Crippen molar-refractivity contribution in [3.05, 3.63) is 72.3 Å². The average Bonchev–Trinajstić information content (AvgIpc) is 2.46. The van der Waals surface area contributed by atoms with Gasteiger partial charge in [-0.3, -0.25) is 0 Å². The molecule has 1 aliphatic rings. The van der Waals surface area contributed by atoms with Crippen LogP contribution in [0.5, 0.6) is 11.5 Å². The van der Waals surface area contributed by atoms with E-state index in [-0.39, 0.29) is 12.2 Å². The van der Waals surface area contributed by atoms with E-state index in [9.17, 15) is 0 Å². The summed E-state index contributed by atoms with van der Waals surface area (Å²) in [6.07, 6.45) is 1.69. The smallest absolute Gasteiger partial charge is 0.133 e. The van der Waals surface area contributed by atoms with Crippen molar-refractivity contribution < 1.29 is 9.47 Å². The van der Waals surface area contributed by atoms with Gasteiger partial charge in [-0.15, -0.1) is 6.58 Å². The molecule has 0 spiro atoms. The first-order valence-electron chi connectivity index (χ1n) is 6.43. The fourth-order valence-electron chi connectivity index (χ4n) is 2.28. The van der Waals surface area contributed by atoms with E-state index in [0.717, 1.165) is 22.6 Å². The lowest BCUT2D eigenvalue weighted by molar-refractivity contribution is 0.0413. The molecule has 2 heteroatoms. The van der Waals surface area contributed by atoms with Crippen LogP contribution in [0.1, 0.15) is 24.2 Å². The molecule has 0 radical (unpaired) electrons. The van der Waals surface area contributed by atoms with Gasteiger partial charge in [0.25, 0.3) is 0 Å². The van der Waals surface area contributed by atoms with E-state index in [2.05, 4.69) is 6.58 Å². The molecule has 0 aromatic heterocycles. The normalized spacial score (nSPS) is 15.0. The zero-order valence-corrected chi connectivity index (χ0v) is 10.9. The highest BCUT2D eigenvalue weighted by Crippen LogP contribution is 2.44. The van der Waals surface area contributed by atoms with Crippen LogP contribution in [0, 0.1) is 0 Å². The Morgan fingerprint density at radius 1 is 1.05 bits per heavy atom. The number of rotatable bonds is 3. The third-order valence-electron chi connectivity index (χ3n) is 3.31. The molecular formula is C17H16O2.